The van der Waals surface area contributed by atoms with E-state index in [1.54, 1.807) is 7.11 Å². The molecule has 0 bridgehead atoms. The fraction of sp³-hybridized carbons (Fsp3) is 0.929. The third kappa shape index (κ3) is 2.93. The molecule has 5 heteroatoms. The zero-order valence-corrected chi connectivity index (χ0v) is 12.4. The number of likely N-dealkylation sites (tertiary alicyclic amines) is 1. The molecule has 1 aliphatic carbocycles. The Hall–Kier alpha value is -0.260. The van der Waals surface area contributed by atoms with Gasteiger partial charge < -0.3 is 14.4 Å². The number of amides is 1. The minimum absolute atomic E-state index is 0.166. The van der Waals surface area contributed by atoms with Crippen LogP contribution in [0, 0.1) is 0 Å². The summed E-state index contributed by atoms with van der Waals surface area (Å²) in [5, 5.41) is 0. The van der Waals surface area contributed by atoms with Crippen molar-refractivity contribution in [3.05, 3.63) is 0 Å². The fourth-order valence-corrected chi connectivity index (χ4v) is 4.93. The van der Waals surface area contributed by atoms with Gasteiger partial charge in [-0.15, -0.1) is 11.8 Å². The highest BCUT2D eigenvalue weighted by Gasteiger charge is 2.50. The molecule has 0 aromatic carbocycles. The van der Waals surface area contributed by atoms with Gasteiger partial charge in [0.2, 0.25) is 5.91 Å². The summed E-state index contributed by atoms with van der Waals surface area (Å²) in [6.07, 6.45) is 6.54. The average molecular weight is 285 g/mol. The number of carbonyl (C=O) groups is 1. The highest BCUT2D eigenvalue weighted by atomic mass is 32.2. The first kappa shape index (κ1) is 13.7. The van der Waals surface area contributed by atoms with Crippen molar-refractivity contribution in [2.45, 2.75) is 49.1 Å². The predicted molar refractivity (Wildman–Crippen MR) is 75.4 cm³/mol. The van der Waals surface area contributed by atoms with Crippen LogP contribution in [0.25, 0.3) is 0 Å². The monoisotopic (exact) mass is 285 g/mol. The first-order valence-electron chi connectivity index (χ1n) is 7.27. The topological polar surface area (TPSA) is 38.8 Å². The molecule has 2 saturated heterocycles. The Morgan fingerprint density at radius 1 is 1.32 bits per heavy atom. The van der Waals surface area contributed by atoms with Crippen LogP contribution in [0.1, 0.15) is 32.1 Å². The lowest BCUT2D eigenvalue weighted by Crippen LogP contribution is -2.61. The van der Waals surface area contributed by atoms with Crippen LogP contribution in [-0.2, 0) is 14.3 Å². The van der Waals surface area contributed by atoms with Crippen LogP contribution in [-0.4, -0.2) is 60.3 Å². The van der Waals surface area contributed by atoms with E-state index in [0.29, 0.717) is 12.2 Å². The summed E-state index contributed by atoms with van der Waals surface area (Å²) in [4.78, 5) is 14.0. The first-order chi connectivity index (χ1) is 9.21. The van der Waals surface area contributed by atoms with E-state index in [1.807, 2.05) is 16.7 Å². The quantitative estimate of drug-likeness (QED) is 0.788. The Balaban J connectivity index is 1.39. The standard InChI is InChI=1S/C14H23NO3S/c1-17-12-6-14(19-8-12)9-15(10-14)13(16)7-18-11-4-2-3-5-11/h11-12H,2-10H2,1H3/t12-/m1/s1. The molecule has 4 nitrogen and oxygen atoms in total. The molecule has 2 heterocycles. The van der Waals surface area contributed by atoms with Crippen molar-refractivity contribution in [2.24, 2.45) is 0 Å². The summed E-state index contributed by atoms with van der Waals surface area (Å²) in [6, 6.07) is 0. The lowest BCUT2D eigenvalue weighted by molar-refractivity contribution is -0.143. The van der Waals surface area contributed by atoms with Crippen molar-refractivity contribution in [3.8, 4) is 0 Å². The molecule has 19 heavy (non-hydrogen) atoms. The van der Waals surface area contributed by atoms with Gasteiger partial charge in [-0.3, -0.25) is 4.79 Å². The lowest BCUT2D eigenvalue weighted by atomic mass is 9.93. The molecule has 108 valence electrons. The normalized spacial score (nSPS) is 29.9. The highest BCUT2D eigenvalue weighted by Crippen LogP contribution is 2.45. The van der Waals surface area contributed by atoms with E-state index in [2.05, 4.69) is 0 Å². The van der Waals surface area contributed by atoms with Gasteiger partial charge in [0.15, 0.2) is 0 Å². The van der Waals surface area contributed by atoms with E-state index in [-0.39, 0.29) is 17.3 Å². The predicted octanol–water partition coefficient (Wildman–Crippen LogP) is 1.68. The van der Waals surface area contributed by atoms with E-state index < -0.39 is 0 Å². The Kier molecular flexibility index (Phi) is 4.06. The molecule has 0 aromatic heterocycles. The van der Waals surface area contributed by atoms with Crippen LogP contribution >= 0.6 is 11.8 Å². The minimum atomic E-state index is 0.166. The summed E-state index contributed by atoms with van der Waals surface area (Å²) >= 11 is 1.97. The van der Waals surface area contributed by atoms with Gasteiger partial charge in [-0.1, -0.05) is 12.8 Å². The van der Waals surface area contributed by atoms with Gasteiger partial charge in [0.05, 0.1) is 17.0 Å². The van der Waals surface area contributed by atoms with Gasteiger partial charge in [0, 0.05) is 26.0 Å². The highest BCUT2D eigenvalue weighted by molar-refractivity contribution is 8.01. The zero-order valence-electron chi connectivity index (χ0n) is 11.6. The minimum Gasteiger partial charge on any atom is -0.381 e. The summed E-state index contributed by atoms with van der Waals surface area (Å²) in [7, 11) is 1.78. The second kappa shape index (κ2) is 5.62. The first-order valence-corrected chi connectivity index (χ1v) is 8.25. The molecule has 1 spiro atoms. The van der Waals surface area contributed by atoms with Gasteiger partial charge in [0.25, 0.3) is 0 Å². The van der Waals surface area contributed by atoms with E-state index in [0.717, 1.165) is 38.1 Å². The molecule has 3 fully saturated rings. The maximum atomic E-state index is 12.0. The van der Waals surface area contributed by atoms with E-state index in [4.69, 9.17) is 9.47 Å². The second-order valence-corrected chi connectivity index (χ2v) is 7.51. The maximum Gasteiger partial charge on any atom is 0.248 e. The number of carbonyl (C=O) groups excluding carboxylic acids is 1. The Morgan fingerprint density at radius 3 is 2.68 bits per heavy atom. The third-order valence-electron chi connectivity index (χ3n) is 4.56. The summed E-state index contributed by atoms with van der Waals surface area (Å²) in [6.45, 7) is 2.04. The number of rotatable bonds is 4. The molecule has 3 rings (SSSR count). The van der Waals surface area contributed by atoms with Crippen molar-refractivity contribution in [3.63, 3.8) is 0 Å². The molecule has 3 aliphatic rings. The van der Waals surface area contributed by atoms with Gasteiger partial charge in [0.1, 0.15) is 6.61 Å². The van der Waals surface area contributed by atoms with Crippen LogP contribution < -0.4 is 0 Å². The van der Waals surface area contributed by atoms with Crippen LogP contribution in [0.4, 0.5) is 0 Å². The number of nitrogens with zero attached hydrogens (tertiary/aromatic N) is 1. The zero-order chi connectivity index (χ0) is 13.3. The van der Waals surface area contributed by atoms with E-state index in [9.17, 15) is 4.79 Å². The molecule has 1 amide bonds. The second-order valence-electron chi connectivity index (χ2n) is 6.02. The van der Waals surface area contributed by atoms with Gasteiger partial charge in [-0.05, 0) is 19.3 Å². The SMILES string of the molecule is CO[C@H]1CSC2(C1)CN(C(=O)COC1CCCC1)C2. The number of thioether (sulfide) groups is 1. The van der Waals surface area contributed by atoms with Crippen LogP contribution in [0.3, 0.4) is 0 Å². The molecular formula is C14H23NO3S. The van der Waals surface area contributed by atoms with E-state index in [1.165, 1.54) is 12.8 Å². The summed E-state index contributed by atoms with van der Waals surface area (Å²) in [5.74, 6) is 1.23. The Bertz CT molecular complexity index is 338. The van der Waals surface area contributed by atoms with Gasteiger partial charge in [-0.25, -0.2) is 0 Å². The molecule has 1 saturated carbocycles. The maximum absolute atomic E-state index is 12.0. The van der Waals surface area contributed by atoms with Gasteiger partial charge in [-0.2, -0.15) is 0 Å². The number of hydrogen-bond donors (Lipinski definition) is 0. The molecule has 0 unspecified atom stereocenters. The summed E-state index contributed by atoms with van der Waals surface area (Å²) < 4.78 is 11.4. The molecule has 0 aromatic rings. The summed E-state index contributed by atoms with van der Waals surface area (Å²) in [5.41, 5.74) is 0. The van der Waals surface area contributed by atoms with Crippen molar-refractivity contribution in [1.82, 2.24) is 4.90 Å². The Morgan fingerprint density at radius 2 is 2.05 bits per heavy atom. The largest absolute Gasteiger partial charge is 0.381 e. The number of hydrogen-bond acceptors (Lipinski definition) is 4. The smallest absolute Gasteiger partial charge is 0.248 e. The van der Waals surface area contributed by atoms with Crippen molar-refractivity contribution in [2.75, 3.05) is 32.6 Å². The number of methoxy groups -OCH3 is 1. The fourth-order valence-electron chi connectivity index (χ4n) is 3.34. The third-order valence-corrected chi connectivity index (χ3v) is 6.14. The van der Waals surface area contributed by atoms with Crippen LogP contribution in [0.15, 0.2) is 0 Å². The number of ether oxygens (including phenoxy) is 2. The molecule has 0 radical (unpaired) electrons. The Labute approximate surface area is 119 Å². The molecule has 2 aliphatic heterocycles. The average Bonchev–Trinajstić information content (AvgIpc) is 3.03. The van der Waals surface area contributed by atoms with Crippen LogP contribution in [0.2, 0.25) is 0 Å². The van der Waals surface area contributed by atoms with Crippen molar-refractivity contribution in [1.29, 1.82) is 0 Å². The lowest BCUT2D eigenvalue weighted by Gasteiger charge is -2.47. The van der Waals surface area contributed by atoms with Crippen molar-refractivity contribution < 1.29 is 14.3 Å². The molecule has 1 atom stereocenters. The van der Waals surface area contributed by atoms with Crippen molar-refractivity contribution >= 4 is 17.7 Å². The van der Waals surface area contributed by atoms with Crippen LogP contribution in [0.5, 0.6) is 0 Å². The van der Waals surface area contributed by atoms with E-state index >= 15 is 0 Å². The molecule has 0 N–H and O–H groups in total. The van der Waals surface area contributed by atoms with Gasteiger partial charge >= 0.3 is 0 Å². The molecular weight excluding hydrogens is 262 g/mol.